The molecule has 0 bridgehead atoms. The van der Waals surface area contributed by atoms with Crippen LogP contribution in [-0.4, -0.2) is 74.1 Å². The number of amides is 1. The average Bonchev–Trinajstić information content (AvgIpc) is 2.61. The number of hydrogen-bond donors (Lipinski definition) is 3. The molecule has 0 radical (unpaired) electrons. The van der Waals surface area contributed by atoms with Gasteiger partial charge in [-0.15, -0.1) is 0 Å². The van der Waals surface area contributed by atoms with E-state index in [0.717, 1.165) is 19.3 Å². The molecule has 3 N–H and O–H groups in total. The van der Waals surface area contributed by atoms with Crippen LogP contribution >= 0.6 is 0 Å². The van der Waals surface area contributed by atoms with E-state index >= 15 is 0 Å². The number of likely N-dealkylation sites (N-methyl/N-ethyl adjacent to an activating group) is 1. The minimum absolute atomic E-state index is 0.0858. The van der Waals surface area contributed by atoms with Crippen molar-refractivity contribution < 1.29 is 27.4 Å². The summed E-state index contributed by atoms with van der Waals surface area (Å²) in [6.07, 6.45) is 14.1. The highest BCUT2D eigenvalue weighted by Gasteiger charge is 2.24. The van der Waals surface area contributed by atoms with Crippen LogP contribution in [0.3, 0.4) is 0 Å². The molecule has 0 aliphatic carbocycles. The van der Waals surface area contributed by atoms with E-state index in [9.17, 15) is 18.3 Å². The second-order valence-electron chi connectivity index (χ2n) is 9.23. The summed E-state index contributed by atoms with van der Waals surface area (Å²) in [6, 6.07) is 0. The Morgan fingerprint density at radius 3 is 1.90 bits per heavy atom. The van der Waals surface area contributed by atoms with Crippen LogP contribution in [0.1, 0.15) is 90.4 Å². The molecule has 30 heavy (non-hydrogen) atoms. The smallest absolute Gasteiger partial charge is 0.267 e. The highest BCUT2D eigenvalue weighted by Crippen LogP contribution is 2.12. The summed E-state index contributed by atoms with van der Waals surface area (Å²) < 4.78 is 30.9. The first-order chi connectivity index (χ1) is 14.1. The number of unbranched alkanes of at least 4 members (excludes halogenated alkanes) is 10. The first-order valence-electron chi connectivity index (χ1n) is 11.8. The van der Waals surface area contributed by atoms with Crippen LogP contribution in [-0.2, 0) is 14.9 Å². The average molecular weight is 452 g/mol. The molecule has 0 rings (SSSR count). The first kappa shape index (κ1) is 29.3. The molecular formula is C22H47N2O5S+. The molecule has 1 amide bonds. The lowest BCUT2D eigenvalue weighted by molar-refractivity contribution is -0.893. The van der Waals surface area contributed by atoms with E-state index in [1.54, 1.807) is 0 Å². The number of nitrogens with one attached hydrogen (secondary N) is 1. The molecule has 0 aliphatic rings. The van der Waals surface area contributed by atoms with Gasteiger partial charge in [0.05, 0.1) is 20.6 Å². The van der Waals surface area contributed by atoms with Gasteiger partial charge in [0.15, 0.2) is 0 Å². The largest absolute Gasteiger partial charge is 0.386 e. The molecule has 1 atom stereocenters. The zero-order valence-corrected chi connectivity index (χ0v) is 20.4. The number of nitrogens with zero attached hydrogens (tertiary/aromatic N) is 1. The lowest BCUT2D eigenvalue weighted by Crippen LogP contribution is -2.48. The summed E-state index contributed by atoms with van der Waals surface area (Å²) in [5.41, 5.74) is 0. The Morgan fingerprint density at radius 2 is 1.40 bits per heavy atom. The number of carbonyl (C=O) groups excluding carboxylic acids is 1. The standard InChI is InChI=1S/C22H46N2O5S/c1-4-5-6-7-8-9-10-11-12-13-14-16-22(26)23-17-15-18-24(2,3)19-21(25)20-30(27,28)29/h21,25H,4-20H2,1-3H3,(H-,23,26,27,28,29)/p+1. The monoisotopic (exact) mass is 451 g/mol. The molecule has 180 valence electrons. The Bertz CT molecular complexity index is 538. The quantitative estimate of drug-likeness (QED) is 0.149. The molecule has 0 aliphatic heterocycles. The molecule has 0 saturated heterocycles. The van der Waals surface area contributed by atoms with E-state index in [2.05, 4.69) is 12.2 Å². The molecule has 0 saturated carbocycles. The first-order valence-corrected chi connectivity index (χ1v) is 13.4. The van der Waals surface area contributed by atoms with Crippen molar-refractivity contribution in [3.8, 4) is 0 Å². The molecule has 0 aromatic heterocycles. The van der Waals surface area contributed by atoms with Gasteiger partial charge in [-0.05, 0) is 6.42 Å². The van der Waals surface area contributed by atoms with Crippen LogP contribution in [0.2, 0.25) is 0 Å². The molecule has 0 fully saturated rings. The summed E-state index contributed by atoms with van der Waals surface area (Å²) in [5, 5.41) is 12.7. The number of rotatable bonds is 20. The fourth-order valence-corrected chi connectivity index (χ4v) is 4.32. The van der Waals surface area contributed by atoms with Crippen LogP contribution in [0.25, 0.3) is 0 Å². The van der Waals surface area contributed by atoms with Gasteiger partial charge >= 0.3 is 0 Å². The van der Waals surface area contributed by atoms with E-state index in [0.29, 0.717) is 24.0 Å². The Labute approximate surface area is 185 Å². The van der Waals surface area contributed by atoms with Gasteiger partial charge in [0.25, 0.3) is 10.1 Å². The lowest BCUT2D eigenvalue weighted by atomic mass is 10.1. The summed E-state index contributed by atoms with van der Waals surface area (Å²) in [5.74, 6) is -0.563. The zero-order chi connectivity index (χ0) is 22.9. The summed E-state index contributed by atoms with van der Waals surface area (Å²) in [4.78, 5) is 11.9. The maximum atomic E-state index is 11.9. The molecule has 1 unspecified atom stereocenters. The molecule has 0 spiro atoms. The van der Waals surface area contributed by atoms with Gasteiger partial charge < -0.3 is 14.9 Å². The predicted molar refractivity (Wildman–Crippen MR) is 123 cm³/mol. The second-order valence-corrected chi connectivity index (χ2v) is 10.7. The predicted octanol–water partition coefficient (Wildman–Crippen LogP) is 3.52. The van der Waals surface area contributed by atoms with E-state index < -0.39 is 22.0 Å². The van der Waals surface area contributed by atoms with Gasteiger partial charge in [0, 0.05) is 19.4 Å². The van der Waals surface area contributed by atoms with Crippen LogP contribution in [0.15, 0.2) is 0 Å². The Hall–Kier alpha value is -0.700. The summed E-state index contributed by atoms with van der Waals surface area (Å²) in [6.45, 7) is 3.74. The highest BCUT2D eigenvalue weighted by atomic mass is 32.2. The summed E-state index contributed by atoms with van der Waals surface area (Å²) >= 11 is 0. The van der Waals surface area contributed by atoms with Crippen molar-refractivity contribution in [2.45, 2.75) is 96.5 Å². The number of quaternary nitrogens is 1. The fourth-order valence-electron chi connectivity index (χ4n) is 3.73. The molecule has 7 nitrogen and oxygen atoms in total. The molecule has 0 aromatic carbocycles. The molecule has 0 heterocycles. The Balaban J connectivity index is 3.60. The minimum Gasteiger partial charge on any atom is -0.386 e. The van der Waals surface area contributed by atoms with Crippen molar-refractivity contribution in [3.05, 3.63) is 0 Å². The third-order valence-corrected chi connectivity index (χ3v) is 6.18. The number of hydrogen-bond acceptors (Lipinski definition) is 4. The second kappa shape index (κ2) is 16.9. The van der Waals surface area contributed by atoms with E-state index in [4.69, 9.17) is 4.55 Å². The molecular weight excluding hydrogens is 404 g/mol. The van der Waals surface area contributed by atoms with Gasteiger partial charge in [0.1, 0.15) is 18.4 Å². The van der Waals surface area contributed by atoms with Crippen molar-refractivity contribution in [1.82, 2.24) is 5.32 Å². The van der Waals surface area contributed by atoms with Crippen molar-refractivity contribution >= 4 is 16.0 Å². The van der Waals surface area contributed by atoms with Gasteiger partial charge in [-0.1, -0.05) is 71.1 Å². The third kappa shape index (κ3) is 20.6. The Morgan fingerprint density at radius 1 is 0.900 bits per heavy atom. The van der Waals surface area contributed by atoms with Gasteiger partial charge in [-0.25, -0.2) is 0 Å². The van der Waals surface area contributed by atoms with Crippen LogP contribution < -0.4 is 5.32 Å². The minimum atomic E-state index is -4.17. The fraction of sp³-hybridized carbons (Fsp3) is 0.955. The van der Waals surface area contributed by atoms with Crippen molar-refractivity contribution in [1.29, 1.82) is 0 Å². The zero-order valence-electron chi connectivity index (χ0n) is 19.6. The third-order valence-electron chi connectivity index (χ3n) is 5.38. The number of aliphatic hydroxyl groups excluding tert-OH is 1. The van der Waals surface area contributed by atoms with E-state index in [1.807, 2.05) is 14.1 Å². The maximum Gasteiger partial charge on any atom is 0.267 e. The topological polar surface area (TPSA) is 104 Å². The summed E-state index contributed by atoms with van der Waals surface area (Å²) in [7, 11) is -0.394. The lowest BCUT2D eigenvalue weighted by Gasteiger charge is -2.31. The van der Waals surface area contributed by atoms with Gasteiger partial charge in [-0.2, -0.15) is 8.42 Å². The van der Waals surface area contributed by atoms with Gasteiger partial charge in [-0.3, -0.25) is 9.35 Å². The number of aliphatic hydroxyl groups is 1. The van der Waals surface area contributed by atoms with Crippen LogP contribution in [0.5, 0.6) is 0 Å². The van der Waals surface area contributed by atoms with Crippen molar-refractivity contribution in [3.63, 3.8) is 0 Å². The van der Waals surface area contributed by atoms with Crippen LogP contribution in [0, 0.1) is 0 Å². The normalized spacial score (nSPS) is 13.4. The number of carbonyl (C=O) groups is 1. The van der Waals surface area contributed by atoms with E-state index in [-0.39, 0.29) is 12.5 Å². The maximum absolute atomic E-state index is 11.9. The SMILES string of the molecule is CCCCCCCCCCCCCC(=O)NCCC[N+](C)(C)CC(O)CS(=O)(=O)O. The van der Waals surface area contributed by atoms with E-state index in [1.165, 1.54) is 57.8 Å². The van der Waals surface area contributed by atoms with Crippen LogP contribution in [0.4, 0.5) is 0 Å². The highest BCUT2D eigenvalue weighted by molar-refractivity contribution is 7.85. The molecule has 0 aromatic rings. The Kier molecular flexibility index (Phi) is 16.5. The van der Waals surface area contributed by atoms with Crippen molar-refractivity contribution in [2.75, 3.05) is 39.5 Å². The molecule has 8 heteroatoms. The van der Waals surface area contributed by atoms with Crippen molar-refractivity contribution in [2.24, 2.45) is 0 Å². The van der Waals surface area contributed by atoms with Gasteiger partial charge in [0.2, 0.25) is 5.91 Å².